The van der Waals surface area contributed by atoms with Crippen LogP contribution in [0.25, 0.3) is 11.2 Å². The van der Waals surface area contributed by atoms with Gasteiger partial charge >= 0.3 is 6.08 Å². The van der Waals surface area contributed by atoms with Crippen molar-refractivity contribution in [2.75, 3.05) is 11.9 Å². The van der Waals surface area contributed by atoms with Crippen LogP contribution in [-0.4, -0.2) is 31.2 Å². The number of phenols is 1. The highest BCUT2D eigenvalue weighted by atomic mass is 19.1. The SMILES string of the molecule is Oc1ccc(Nc2nc(F)nc3c2ncn3C2CCCCO2)cc1. The Kier molecular flexibility index (Phi) is 3.73. The van der Waals surface area contributed by atoms with Crippen molar-refractivity contribution < 1.29 is 14.2 Å². The second-order valence-corrected chi connectivity index (χ2v) is 5.66. The largest absolute Gasteiger partial charge is 0.508 e. The summed E-state index contributed by atoms with van der Waals surface area (Å²) in [6.45, 7) is 0.677. The Balaban J connectivity index is 1.73. The first-order chi connectivity index (χ1) is 11.7. The van der Waals surface area contributed by atoms with Gasteiger partial charge in [-0.15, -0.1) is 0 Å². The van der Waals surface area contributed by atoms with Crippen LogP contribution in [0.2, 0.25) is 0 Å². The zero-order valence-corrected chi connectivity index (χ0v) is 12.8. The number of anilines is 2. The fraction of sp³-hybridized carbons (Fsp3) is 0.312. The van der Waals surface area contributed by atoms with E-state index in [1.54, 1.807) is 23.0 Å². The predicted molar refractivity (Wildman–Crippen MR) is 85.5 cm³/mol. The van der Waals surface area contributed by atoms with Gasteiger partial charge in [0.05, 0.1) is 6.33 Å². The Bertz CT molecular complexity index is 859. The standard InChI is InChI=1S/C16H16FN5O2/c17-16-20-14(19-10-4-6-11(23)7-5-10)13-15(21-16)22(9-18-13)12-3-1-2-8-24-12/h4-7,9,12,23H,1-3,8H2,(H,19,20,21). The zero-order valence-electron chi connectivity index (χ0n) is 12.8. The molecule has 124 valence electrons. The minimum Gasteiger partial charge on any atom is -0.508 e. The average molecular weight is 329 g/mol. The third-order valence-corrected chi connectivity index (χ3v) is 3.99. The Labute approximate surface area is 137 Å². The molecule has 1 saturated heterocycles. The van der Waals surface area contributed by atoms with Gasteiger partial charge in [0, 0.05) is 12.3 Å². The third-order valence-electron chi connectivity index (χ3n) is 3.99. The van der Waals surface area contributed by atoms with Crippen molar-refractivity contribution in [1.29, 1.82) is 0 Å². The number of phenolic OH excluding ortho intramolecular Hbond substituents is 1. The van der Waals surface area contributed by atoms with Crippen LogP contribution in [0.5, 0.6) is 5.75 Å². The number of hydrogen-bond acceptors (Lipinski definition) is 6. The highest BCUT2D eigenvalue weighted by molar-refractivity contribution is 5.85. The second-order valence-electron chi connectivity index (χ2n) is 5.66. The molecule has 0 bridgehead atoms. The lowest BCUT2D eigenvalue weighted by Crippen LogP contribution is -2.18. The van der Waals surface area contributed by atoms with E-state index in [2.05, 4.69) is 20.3 Å². The first-order valence-electron chi connectivity index (χ1n) is 7.78. The number of aromatic nitrogens is 4. The minimum atomic E-state index is -0.832. The number of aromatic hydroxyl groups is 1. The summed E-state index contributed by atoms with van der Waals surface area (Å²) in [4.78, 5) is 12.0. The predicted octanol–water partition coefficient (Wildman–Crippen LogP) is 3.11. The molecule has 4 rings (SSSR count). The van der Waals surface area contributed by atoms with Crippen LogP contribution in [0, 0.1) is 6.08 Å². The van der Waals surface area contributed by atoms with E-state index in [4.69, 9.17) is 4.74 Å². The van der Waals surface area contributed by atoms with Crippen LogP contribution in [-0.2, 0) is 4.74 Å². The van der Waals surface area contributed by atoms with E-state index < -0.39 is 6.08 Å². The van der Waals surface area contributed by atoms with Crippen molar-refractivity contribution in [2.45, 2.75) is 25.5 Å². The maximum atomic E-state index is 13.9. The summed E-state index contributed by atoms with van der Waals surface area (Å²) in [5.74, 6) is 0.427. The molecule has 1 aliphatic heterocycles. The quantitative estimate of drug-likeness (QED) is 0.567. The van der Waals surface area contributed by atoms with Crippen molar-refractivity contribution >= 4 is 22.7 Å². The van der Waals surface area contributed by atoms with Crippen LogP contribution in [0.1, 0.15) is 25.5 Å². The number of halogens is 1. The van der Waals surface area contributed by atoms with Gasteiger partial charge in [-0.25, -0.2) is 4.98 Å². The molecular formula is C16H16FN5O2. The summed E-state index contributed by atoms with van der Waals surface area (Å²) in [6, 6.07) is 6.40. The molecule has 2 aromatic heterocycles. The molecule has 1 aliphatic rings. The highest BCUT2D eigenvalue weighted by Crippen LogP contribution is 2.29. The summed E-state index contributed by atoms with van der Waals surface area (Å²) in [5.41, 5.74) is 1.53. The Morgan fingerprint density at radius 2 is 2.04 bits per heavy atom. The van der Waals surface area contributed by atoms with Crippen LogP contribution >= 0.6 is 0 Å². The molecule has 1 fully saturated rings. The van der Waals surface area contributed by atoms with Gasteiger partial charge in [0.1, 0.15) is 12.0 Å². The lowest BCUT2D eigenvalue weighted by molar-refractivity contribution is -0.0298. The first kappa shape index (κ1) is 14.8. The Hall–Kier alpha value is -2.74. The average Bonchev–Trinajstić information content (AvgIpc) is 3.01. The van der Waals surface area contributed by atoms with E-state index in [1.807, 2.05) is 0 Å². The van der Waals surface area contributed by atoms with E-state index in [0.717, 1.165) is 19.3 Å². The normalized spacial score (nSPS) is 18.0. The number of hydrogen-bond donors (Lipinski definition) is 2. The zero-order chi connectivity index (χ0) is 16.5. The van der Waals surface area contributed by atoms with Crippen molar-refractivity contribution in [1.82, 2.24) is 19.5 Å². The molecule has 0 spiro atoms. The summed E-state index contributed by atoms with van der Waals surface area (Å²) >= 11 is 0. The van der Waals surface area contributed by atoms with Crippen molar-refractivity contribution in [3.05, 3.63) is 36.7 Å². The number of imidazole rings is 1. The molecule has 0 amide bonds. The lowest BCUT2D eigenvalue weighted by Gasteiger charge is -2.23. The molecule has 1 aromatic carbocycles. The number of benzene rings is 1. The summed E-state index contributed by atoms with van der Waals surface area (Å²) in [6.07, 6.45) is 3.52. The van der Waals surface area contributed by atoms with Crippen LogP contribution in [0.4, 0.5) is 15.9 Å². The summed E-state index contributed by atoms with van der Waals surface area (Å²) in [7, 11) is 0. The maximum absolute atomic E-state index is 13.9. The van der Waals surface area contributed by atoms with E-state index >= 15 is 0 Å². The van der Waals surface area contributed by atoms with Crippen molar-refractivity contribution in [3.63, 3.8) is 0 Å². The number of fused-ring (bicyclic) bond motifs is 1. The topological polar surface area (TPSA) is 85.1 Å². The highest BCUT2D eigenvalue weighted by Gasteiger charge is 2.21. The number of nitrogens with zero attached hydrogens (tertiary/aromatic N) is 4. The molecule has 2 N–H and O–H groups in total. The summed E-state index contributed by atoms with van der Waals surface area (Å²) in [5, 5.41) is 12.4. The fourth-order valence-corrected chi connectivity index (χ4v) is 2.81. The van der Waals surface area contributed by atoms with Gasteiger partial charge in [-0.1, -0.05) is 0 Å². The Morgan fingerprint density at radius 3 is 2.79 bits per heavy atom. The molecule has 1 atom stereocenters. The minimum absolute atomic E-state index is 0.151. The lowest BCUT2D eigenvalue weighted by atomic mass is 10.2. The monoisotopic (exact) mass is 329 g/mol. The molecule has 0 saturated carbocycles. The molecule has 1 unspecified atom stereocenters. The van der Waals surface area contributed by atoms with Crippen molar-refractivity contribution in [3.8, 4) is 5.75 Å². The third kappa shape index (κ3) is 2.76. The molecular weight excluding hydrogens is 313 g/mol. The van der Waals surface area contributed by atoms with Crippen molar-refractivity contribution in [2.24, 2.45) is 0 Å². The smallest absolute Gasteiger partial charge is 0.312 e. The fourth-order valence-electron chi connectivity index (χ4n) is 2.81. The number of nitrogens with one attached hydrogen (secondary N) is 1. The van der Waals surface area contributed by atoms with Crippen LogP contribution in [0.3, 0.4) is 0 Å². The molecule has 24 heavy (non-hydrogen) atoms. The van der Waals surface area contributed by atoms with Gasteiger partial charge in [0.25, 0.3) is 0 Å². The van der Waals surface area contributed by atoms with Gasteiger partial charge in [0.2, 0.25) is 0 Å². The molecule has 8 heteroatoms. The molecule has 0 aliphatic carbocycles. The molecule has 7 nitrogen and oxygen atoms in total. The summed E-state index contributed by atoms with van der Waals surface area (Å²) < 4.78 is 21.4. The number of ether oxygens (including phenoxy) is 1. The van der Waals surface area contributed by atoms with E-state index in [9.17, 15) is 9.50 Å². The maximum Gasteiger partial charge on any atom is 0.312 e. The second kappa shape index (κ2) is 6.04. The molecule has 0 radical (unpaired) electrons. The molecule has 3 heterocycles. The van der Waals surface area contributed by atoms with Gasteiger partial charge in [0.15, 0.2) is 17.0 Å². The van der Waals surface area contributed by atoms with Gasteiger partial charge in [-0.05, 0) is 43.5 Å². The molecule has 3 aromatic rings. The van der Waals surface area contributed by atoms with Gasteiger partial charge < -0.3 is 15.2 Å². The van der Waals surface area contributed by atoms with Gasteiger partial charge in [-0.2, -0.15) is 14.4 Å². The van der Waals surface area contributed by atoms with E-state index in [1.165, 1.54) is 12.1 Å². The van der Waals surface area contributed by atoms with Crippen LogP contribution < -0.4 is 5.32 Å². The van der Waals surface area contributed by atoms with E-state index in [-0.39, 0.29) is 17.8 Å². The number of rotatable bonds is 3. The van der Waals surface area contributed by atoms with E-state index in [0.29, 0.717) is 23.5 Å². The first-order valence-corrected chi connectivity index (χ1v) is 7.78. The van der Waals surface area contributed by atoms with Gasteiger partial charge in [-0.3, -0.25) is 4.57 Å². The van der Waals surface area contributed by atoms with Crippen LogP contribution in [0.15, 0.2) is 30.6 Å². The Morgan fingerprint density at radius 1 is 1.21 bits per heavy atom.